The summed E-state index contributed by atoms with van der Waals surface area (Å²) in [6.07, 6.45) is 1.71. The molecule has 7 heteroatoms. The summed E-state index contributed by atoms with van der Waals surface area (Å²) in [6, 6.07) is 6.63. The number of hydrogen-bond acceptors (Lipinski definition) is 3. The van der Waals surface area contributed by atoms with Crippen molar-refractivity contribution in [3.63, 3.8) is 0 Å². The number of benzene rings is 1. The van der Waals surface area contributed by atoms with E-state index in [9.17, 15) is 9.59 Å². The number of halogens is 1. The first-order valence-electron chi connectivity index (χ1n) is 7.19. The number of nitrogens with one attached hydrogen (secondary N) is 3. The third kappa shape index (κ3) is 7.28. The molecule has 0 aliphatic carbocycles. The maximum atomic E-state index is 12.1. The maximum absolute atomic E-state index is 12.1. The smallest absolute Gasteiger partial charge is 0.319 e. The fourth-order valence-electron chi connectivity index (χ4n) is 1.78. The Hall–Kier alpha value is -1.79. The summed E-state index contributed by atoms with van der Waals surface area (Å²) in [5.74, 6) is -0.201. The molecule has 3 amide bonds. The summed E-state index contributed by atoms with van der Waals surface area (Å²) < 4.78 is 0. The highest BCUT2D eigenvalue weighted by Gasteiger charge is 2.12. The zero-order valence-electron chi connectivity index (χ0n) is 13.0. The van der Waals surface area contributed by atoms with E-state index in [4.69, 9.17) is 5.73 Å². The summed E-state index contributed by atoms with van der Waals surface area (Å²) in [4.78, 5) is 23.8. The molecule has 0 saturated heterocycles. The summed E-state index contributed by atoms with van der Waals surface area (Å²) >= 11 is 0. The minimum Gasteiger partial charge on any atom is -0.352 e. The van der Waals surface area contributed by atoms with Crippen LogP contribution in [0.1, 0.15) is 37.0 Å². The Balaban J connectivity index is 0.00000441. The van der Waals surface area contributed by atoms with Crippen LogP contribution in [0.2, 0.25) is 0 Å². The molecule has 6 nitrogen and oxygen atoms in total. The van der Waals surface area contributed by atoms with Crippen LogP contribution in [-0.4, -0.2) is 31.1 Å². The van der Waals surface area contributed by atoms with Crippen LogP contribution in [0.25, 0.3) is 0 Å². The van der Waals surface area contributed by atoms with Gasteiger partial charge in [0.1, 0.15) is 0 Å². The molecule has 0 heterocycles. The van der Waals surface area contributed by atoms with E-state index in [2.05, 4.69) is 16.0 Å². The lowest BCUT2D eigenvalue weighted by Gasteiger charge is -2.13. The van der Waals surface area contributed by atoms with Crippen molar-refractivity contribution in [3.8, 4) is 0 Å². The van der Waals surface area contributed by atoms with Crippen LogP contribution >= 0.6 is 12.4 Å². The number of nitrogens with two attached hydrogens (primary N) is 1. The Labute approximate surface area is 137 Å². The molecule has 0 spiro atoms. The first kappa shape index (κ1) is 20.2. The summed E-state index contributed by atoms with van der Waals surface area (Å²) in [5.41, 5.74) is 6.35. The van der Waals surface area contributed by atoms with Crippen molar-refractivity contribution in [1.82, 2.24) is 10.6 Å². The van der Waals surface area contributed by atoms with Crippen LogP contribution in [0.4, 0.5) is 10.5 Å². The fraction of sp³-hybridized carbons (Fsp3) is 0.467. The molecular weight excluding hydrogens is 304 g/mol. The minimum absolute atomic E-state index is 0. The van der Waals surface area contributed by atoms with Crippen molar-refractivity contribution in [2.24, 2.45) is 5.73 Å². The molecule has 0 aliphatic rings. The zero-order valence-corrected chi connectivity index (χ0v) is 13.8. The predicted octanol–water partition coefficient (Wildman–Crippen LogP) is 2.11. The highest BCUT2D eigenvalue weighted by Crippen LogP contribution is 2.14. The molecule has 0 unspecified atom stereocenters. The largest absolute Gasteiger partial charge is 0.352 e. The quantitative estimate of drug-likeness (QED) is 0.577. The Bertz CT molecular complexity index is 480. The van der Waals surface area contributed by atoms with Gasteiger partial charge in [0.05, 0.1) is 11.3 Å². The highest BCUT2D eigenvalue weighted by atomic mass is 35.5. The van der Waals surface area contributed by atoms with Crippen molar-refractivity contribution < 1.29 is 9.59 Å². The second-order valence-electron chi connectivity index (χ2n) is 5.05. The number of anilines is 1. The van der Waals surface area contributed by atoms with Gasteiger partial charge in [0, 0.05) is 12.6 Å². The Morgan fingerprint density at radius 1 is 1.18 bits per heavy atom. The molecule has 22 heavy (non-hydrogen) atoms. The molecule has 0 bridgehead atoms. The number of para-hydroxylation sites is 1. The van der Waals surface area contributed by atoms with E-state index in [0.717, 1.165) is 12.8 Å². The van der Waals surface area contributed by atoms with Gasteiger partial charge in [-0.2, -0.15) is 0 Å². The standard InChI is InChI=1S/C15H24N4O2.ClH/c1-11(2)18-15(21)19-13-8-4-3-7-12(13)14(20)17-10-6-5-9-16;/h3-4,7-8,11H,5-6,9-10,16H2,1-2H3,(H,17,20)(H2,18,19,21);1H. The number of rotatable bonds is 7. The van der Waals surface area contributed by atoms with E-state index in [-0.39, 0.29) is 30.4 Å². The Morgan fingerprint density at radius 2 is 1.86 bits per heavy atom. The van der Waals surface area contributed by atoms with Gasteiger partial charge in [0.25, 0.3) is 5.91 Å². The Morgan fingerprint density at radius 3 is 2.50 bits per heavy atom. The van der Waals surface area contributed by atoms with E-state index in [0.29, 0.717) is 24.3 Å². The number of carbonyl (C=O) groups is 2. The van der Waals surface area contributed by atoms with Crippen LogP contribution in [-0.2, 0) is 0 Å². The zero-order chi connectivity index (χ0) is 15.7. The number of hydrogen-bond donors (Lipinski definition) is 4. The third-order valence-corrected chi connectivity index (χ3v) is 2.76. The average molecular weight is 329 g/mol. The number of urea groups is 1. The van der Waals surface area contributed by atoms with Gasteiger partial charge < -0.3 is 21.7 Å². The average Bonchev–Trinajstić information content (AvgIpc) is 2.43. The lowest BCUT2D eigenvalue weighted by Crippen LogP contribution is -2.35. The lowest BCUT2D eigenvalue weighted by molar-refractivity contribution is 0.0954. The molecule has 1 aromatic carbocycles. The molecule has 0 fully saturated rings. The van der Waals surface area contributed by atoms with E-state index in [1.807, 2.05) is 13.8 Å². The molecule has 1 rings (SSSR count). The predicted molar refractivity (Wildman–Crippen MR) is 91.6 cm³/mol. The molecule has 0 radical (unpaired) electrons. The number of carbonyl (C=O) groups excluding carboxylic acids is 2. The van der Waals surface area contributed by atoms with Gasteiger partial charge in [-0.25, -0.2) is 4.79 Å². The maximum Gasteiger partial charge on any atom is 0.319 e. The Kier molecular flexibility index (Phi) is 9.98. The highest BCUT2D eigenvalue weighted by molar-refractivity contribution is 6.03. The van der Waals surface area contributed by atoms with Crippen LogP contribution in [0.15, 0.2) is 24.3 Å². The normalized spacial score (nSPS) is 9.82. The monoisotopic (exact) mass is 328 g/mol. The van der Waals surface area contributed by atoms with Gasteiger partial charge in [0.2, 0.25) is 0 Å². The van der Waals surface area contributed by atoms with Gasteiger partial charge in [-0.15, -0.1) is 12.4 Å². The molecule has 0 aliphatic heterocycles. The SMILES string of the molecule is CC(C)NC(=O)Nc1ccccc1C(=O)NCCCCN.Cl. The van der Waals surface area contributed by atoms with Crippen molar-refractivity contribution in [1.29, 1.82) is 0 Å². The summed E-state index contributed by atoms with van der Waals surface area (Å²) in [5, 5.41) is 8.24. The van der Waals surface area contributed by atoms with Gasteiger partial charge in [-0.05, 0) is 45.4 Å². The second kappa shape index (κ2) is 10.9. The molecule has 124 valence electrons. The van der Waals surface area contributed by atoms with Gasteiger partial charge in [-0.1, -0.05) is 12.1 Å². The fourth-order valence-corrected chi connectivity index (χ4v) is 1.78. The van der Waals surface area contributed by atoms with Gasteiger partial charge >= 0.3 is 6.03 Å². The van der Waals surface area contributed by atoms with Crippen molar-refractivity contribution >= 4 is 30.0 Å². The second-order valence-corrected chi connectivity index (χ2v) is 5.05. The van der Waals surface area contributed by atoms with Crippen molar-refractivity contribution in [2.75, 3.05) is 18.4 Å². The van der Waals surface area contributed by atoms with Crippen LogP contribution < -0.4 is 21.7 Å². The van der Waals surface area contributed by atoms with E-state index in [1.54, 1.807) is 24.3 Å². The van der Waals surface area contributed by atoms with E-state index < -0.39 is 0 Å². The van der Waals surface area contributed by atoms with E-state index >= 15 is 0 Å². The van der Waals surface area contributed by atoms with E-state index in [1.165, 1.54) is 0 Å². The molecule has 1 aromatic rings. The number of amides is 3. The van der Waals surface area contributed by atoms with Crippen LogP contribution in [0, 0.1) is 0 Å². The molecule has 0 atom stereocenters. The van der Waals surface area contributed by atoms with Crippen LogP contribution in [0.5, 0.6) is 0 Å². The summed E-state index contributed by atoms with van der Waals surface area (Å²) in [7, 11) is 0. The lowest BCUT2D eigenvalue weighted by atomic mass is 10.1. The first-order chi connectivity index (χ1) is 10.0. The number of unbranched alkanes of at least 4 members (excludes halogenated alkanes) is 1. The van der Waals surface area contributed by atoms with Crippen molar-refractivity contribution in [3.05, 3.63) is 29.8 Å². The topological polar surface area (TPSA) is 96.2 Å². The van der Waals surface area contributed by atoms with Gasteiger partial charge in [0.15, 0.2) is 0 Å². The third-order valence-electron chi connectivity index (χ3n) is 2.76. The van der Waals surface area contributed by atoms with Gasteiger partial charge in [-0.3, -0.25) is 4.79 Å². The minimum atomic E-state index is -0.326. The molecule has 0 aromatic heterocycles. The molecule has 0 saturated carbocycles. The first-order valence-corrected chi connectivity index (χ1v) is 7.19. The van der Waals surface area contributed by atoms with Crippen LogP contribution in [0.3, 0.4) is 0 Å². The summed E-state index contributed by atoms with van der Waals surface area (Å²) in [6.45, 7) is 4.93. The van der Waals surface area contributed by atoms with Crippen molar-refractivity contribution in [2.45, 2.75) is 32.7 Å². The molecule has 5 N–H and O–H groups in total. The molecular formula is C15H25ClN4O2.